The van der Waals surface area contributed by atoms with Crippen molar-refractivity contribution in [1.29, 1.82) is 0 Å². The summed E-state index contributed by atoms with van der Waals surface area (Å²) < 4.78 is 11.3. The van der Waals surface area contributed by atoms with Gasteiger partial charge >= 0.3 is 0 Å². The zero-order chi connectivity index (χ0) is 14.4. The van der Waals surface area contributed by atoms with Crippen LogP contribution in [0.4, 0.5) is 0 Å². The van der Waals surface area contributed by atoms with Gasteiger partial charge in [-0.2, -0.15) is 0 Å². The fourth-order valence-electron chi connectivity index (χ4n) is 2.43. The van der Waals surface area contributed by atoms with E-state index in [1.807, 2.05) is 18.2 Å². The van der Waals surface area contributed by atoms with Gasteiger partial charge < -0.3 is 19.5 Å². The molecule has 1 atom stereocenters. The first-order valence-electron chi connectivity index (χ1n) is 7.54. The fraction of sp³-hybridized carbons (Fsp3) is 0.625. The second-order valence-electron chi connectivity index (χ2n) is 5.17. The maximum Gasteiger partial charge on any atom is 0.161 e. The molecule has 1 aromatic carbocycles. The highest BCUT2D eigenvalue weighted by atomic mass is 16.5. The fourth-order valence-corrected chi connectivity index (χ4v) is 2.43. The number of nitrogens with zero attached hydrogens (tertiary/aromatic N) is 1. The highest BCUT2D eigenvalue weighted by molar-refractivity contribution is 5.44. The normalized spacial score (nSPS) is 16.0. The van der Waals surface area contributed by atoms with Crippen LogP contribution >= 0.6 is 0 Å². The van der Waals surface area contributed by atoms with Crippen LogP contribution in [0, 0.1) is 0 Å². The van der Waals surface area contributed by atoms with E-state index in [0.29, 0.717) is 19.8 Å². The van der Waals surface area contributed by atoms with Crippen LogP contribution in [0.5, 0.6) is 11.5 Å². The third-order valence-electron chi connectivity index (χ3n) is 3.57. The predicted molar refractivity (Wildman–Crippen MR) is 79.4 cm³/mol. The molecule has 1 N–H and O–H groups in total. The van der Waals surface area contributed by atoms with Gasteiger partial charge in [-0.15, -0.1) is 0 Å². The molecule has 0 spiro atoms. The molecule has 112 valence electrons. The molecule has 0 aliphatic carbocycles. The summed E-state index contributed by atoms with van der Waals surface area (Å²) in [7, 11) is 0. The molecule has 0 fully saturated rings. The molecular formula is C16H25NO3. The molecule has 1 heterocycles. The number of rotatable bonds is 6. The molecule has 2 rings (SSSR count). The number of benzene rings is 1. The lowest BCUT2D eigenvalue weighted by Gasteiger charge is -2.23. The lowest BCUT2D eigenvalue weighted by Crippen LogP contribution is -2.29. The molecule has 1 aromatic rings. The topological polar surface area (TPSA) is 41.9 Å². The first-order chi connectivity index (χ1) is 9.74. The van der Waals surface area contributed by atoms with E-state index in [2.05, 4.69) is 18.7 Å². The molecule has 0 saturated carbocycles. The minimum absolute atomic E-state index is 0.487. The van der Waals surface area contributed by atoms with E-state index >= 15 is 0 Å². The minimum atomic E-state index is -0.487. The second-order valence-corrected chi connectivity index (χ2v) is 5.17. The second kappa shape index (κ2) is 7.50. The van der Waals surface area contributed by atoms with E-state index in [1.165, 1.54) is 0 Å². The Bertz CT molecular complexity index is 422. The molecule has 1 aliphatic heterocycles. The van der Waals surface area contributed by atoms with Crippen molar-refractivity contribution in [3.63, 3.8) is 0 Å². The van der Waals surface area contributed by atoms with E-state index in [0.717, 1.165) is 43.0 Å². The van der Waals surface area contributed by atoms with E-state index in [9.17, 15) is 5.11 Å². The van der Waals surface area contributed by atoms with Crippen LogP contribution in [0.2, 0.25) is 0 Å². The molecule has 0 saturated heterocycles. The summed E-state index contributed by atoms with van der Waals surface area (Å²) in [6, 6.07) is 5.73. The minimum Gasteiger partial charge on any atom is -0.490 e. The molecule has 20 heavy (non-hydrogen) atoms. The van der Waals surface area contributed by atoms with E-state index in [1.54, 1.807) is 0 Å². The van der Waals surface area contributed by atoms with Crippen LogP contribution in [-0.4, -0.2) is 42.9 Å². The van der Waals surface area contributed by atoms with Crippen LogP contribution in [-0.2, 0) is 0 Å². The quantitative estimate of drug-likeness (QED) is 0.869. The molecule has 0 radical (unpaired) electrons. The van der Waals surface area contributed by atoms with Gasteiger partial charge in [-0.1, -0.05) is 19.9 Å². The molecule has 1 aliphatic rings. The van der Waals surface area contributed by atoms with Crippen molar-refractivity contribution in [2.24, 2.45) is 0 Å². The van der Waals surface area contributed by atoms with Gasteiger partial charge in [0.25, 0.3) is 0 Å². The molecule has 4 heteroatoms. The lowest BCUT2D eigenvalue weighted by atomic mass is 10.1. The number of fused-ring (bicyclic) bond motifs is 1. The maximum atomic E-state index is 10.4. The van der Waals surface area contributed by atoms with Crippen molar-refractivity contribution in [1.82, 2.24) is 4.90 Å². The highest BCUT2D eigenvalue weighted by Gasteiger charge is 2.16. The highest BCUT2D eigenvalue weighted by Crippen LogP contribution is 2.32. The summed E-state index contributed by atoms with van der Waals surface area (Å²) in [6.07, 6.45) is 1.51. The molecule has 4 nitrogen and oxygen atoms in total. The van der Waals surface area contributed by atoms with Crippen molar-refractivity contribution >= 4 is 0 Å². The zero-order valence-electron chi connectivity index (χ0n) is 12.5. The van der Waals surface area contributed by atoms with Gasteiger partial charge in [-0.05, 0) is 37.2 Å². The Balaban J connectivity index is 2.06. The van der Waals surface area contributed by atoms with Gasteiger partial charge in [0, 0.05) is 13.0 Å². The van der Waals surface area contributed by atoms with Gasteiger partial charge in [0.15, 0.2) is 11.5 Å². The number of hydrogen-bond acceptors (Lipinski definition) is 4. The summed E-state index contributed by atoms with van der Waals surface area (Å²) >= 11 is 0. The standard InChI is InChI=1S/C16H25NO3/c1-3-8-17(4-2)12-14(18)13-6-7-15-16(11-13)20-10-5-9-19-15/h6-7,11,14,18H,3-5,8-10,12H2,1-2H3. The number of aliphatic hydroxyl groups excluding tert-OH is 1. The summed E-state index contributed by atoms with van der Waals surface area (Å²) in [4.78, 5) is 2.26. The summed E-state index contributed by atoms with van der Waals surface area (Å²) in [5, 5.41) is 10.4. The Morgan fingerprint density at radius 2 is 1.95 bits per heavy atom. The molecule has 0 bridgehead atoms. The average Bonchev–Trinajstić information content (AvgIpc) is 2.71. The Morgan fingerprint density at radius 3 is 2.65 bits per heavy atom. The van der Waals surface area contributed by atoms with Crippen LogP contribution in [0.25, 0.3) is 0 Å². The van der Waals surface area contributed by atoms with E-state index in [4.69, 9.17) is 9.47 Å². The largest absolute Gasteiger partial charge is 0.490 e. The van der Waals surface area contributed by atoms with Crippen molar-refractivity contribution in [3.8, 4) is 11.5 Å². The summed E-state index contributed by atoms with van der Waals surface area (Å²) in [6.45, 7) is 8.26. The molecule has 1 unspecified atom stereocenters. The lowest BCUT2D eigenvalue weighted by molar-refractivity contribution is 0.116. The first-order valence-corrected chi connectivity index (χ1v) is 7.54. The third-order valence-corrected chi connectivity index (χ3v) is 3.57. The molecular weight excluding hydrogens is 254 g/mol. The number of aliphatic hydroxyl groups is 1. The average molecular weight is 279 g/mol. The molecule has 0 amide bonds. The third kappa shape index (κ3) is 3.87. The van der Waals surface area contributed by atoms with Crippen LogP contribution in [0.1, 0.15) is 38.4 Å². The maximum absolute atomic E-state index is 10.4. The van der Waals surface area contributed by atoms with Gasteiger partial charge in [0.05, 0.1) is 19.3 Å². The van der Waals surface area contributed by atoms with Crippen LogP contribution in [0.3, 0.4) is 0 Å². The predicted octanol–water partition coefficient (Wildman–Crippen LogP) is 2.61. The van der Waals surface area contributed by atoms with Gasteiger partial charge in [0.1, 0.15) is 0 Å². The Morgan fingerprint density at radius 1 is 1.20 bits per heavy atom. The van der Waals surface area contributed by atoms with Crippen molar-refractivity contribution in [2.45, 2.75) is 32.8 Å². The Kier molecular flexibility index (Phi) is 5.68. The number of likely N-dealkylation sites (N-methyl/N-ethyl adjacent to an activating group) is 1. The number of ether oxygens (including phenoxy) is 2. The van der Waals surface area contributed by atoms with Crippen molar-refractivity contribution < 1.29 is 14.6 Å². The Hall–Kier alpha value is -1.26. The molecule has 0 aromatic heterocycles. The smallest absolute Gasteiger partial charge is 0.161 e. The van der Waals surface area contributed by atoms with Crippen LogP contribution in [0.15, 0.2) is 18.2 Å². The summed E-state index contributed by atoms with van der Waals surface area (Å²) in [5.74, 6) is 1.52. The Labute approximate surface area is 121 Å². The summed E-state index contributed by atoms with van der Waals surface area (Å²) in [5.41, 5.74) is 0.892. The number of hydrogen-bond donors (Lipinski definition) is 1. The van der Waals surface area contributed by atoms with Gasteiger partial charge in [0.2, 0.25) is 0 Å². The van der Waals surface area contributed by atoms with Gasteiger partial charge in [-0.25, -0.2) is 0 Å². The van der Waals surface area contributed by atoms with Crippen molar-refractivity contribution in [2.75, 3.05) is 32.8 Å². The first kappa shape index (κ1) is 15.1. The SMILES string of the molecule is CCCN(CC)CC(O)c1ccc2c(c1)OCCCO2. The van der Waals surface area contributed by atoms with E-state index in [-0.39, 0.29) is 0 Å². The zero-order valence-corrected chi connectivity index (χ0v) is 12.5. The van der Waals surface area contributed by atoms with Crippen molar-refractivity contribution in [3.05, 3.63) is 23.8 Å². The van der Waals surface area contributed by atoms with Gasteiger partial charge in [-0.3, -0.25) is 0 Å². The van der Waals surface area contributed by atoms with Crippen LogP contribution < -0.4 is 9.47 Å². The monoisotopic (exact) mass is 279 g/mol. The van der Waals surface area contributed by atoms with E-state index < -0.39 is 6.10 Å².